The van der Waals surface area contributed by atoms with E-state index in [2.05, 4.69) is 29.4 Å². The number of H-pyrrole nitrogens is 1. The Morgan fingerprint density at radius 1 is 1.12 bits per heavy atom. The molecule has 0 saturated carbocycles. The largest absolute Gasteiger partial charge is 0.460 e. The van der Waals surface area contributed by atoms with Gasteiger partial charge in [-0.1, -0.05) is 48.5 Å². The number of hydrogen-bond donors (Lipinski definition) is 2. The van der Waals surface area contributed by atoms with E-state index in [0.29, 0.717) is 13.0 Å². The molecule has 1 aromatic heterocycles. The summed E-state index contributed by atoms with van der Waals surface area (Å²) in [6, 6.07) is 17.8. The fourth-order valence-corrected chi connectivity index (χ4v) is 3.44. The van der Waals surface area contributed by atoms with Crippen LogP contribution in [0.1, 0.15) is 29.8 Å². The lowest BCUT2D eigenvalue weighted by Gasteiger charge is -2.27. The average molecular weight is 320 g/mol. The van der Waals surface area contributed by atoms with Gasteiger partial charge in [-0.2, -0.15) is 0 Å². The van der Waals surface area contributed by atoms with Crippen molar-refractivity contribution in [1.82, 2.24) is 10.3 Å². The Labute approximate surface area is 140 Å². The normalized spacial score (nSPS) is 19.9. The number of aromatic amines is 1. The molecule has 0 unspecified atom stereocenters. The SMILES string of the molecule is C[C@@H]1N[C@H](C(=O)OCc2ccccc2)Cc2c1[nH]c1ccccc21. The number of esters is 1. The molecule has 0 spiro atoms. The Bertz CT molecular complexity index is 870. The molecule has 0 bridgehead atoms. The van der Waals surface area contributed by atoms with Gasteiger partial charge in [-0.25, -0.2) is 0 Å². The molecule has 2 N–H and O–H groups in total. The maximum absolute atomic E-state index is 12.5. The van der Waals surface area contributed by atoms with E-state index >= 15 is 0 Å². The van der Waals surface area contributed by atoms with Crippen molar-refractivity contribution >= 4 is 16.9 Å². The molecule has 1 aliphatic rings. The number of nitrogens with one attached hydrogen (secondary N) is 2. The summed E-state index contributed by atoms with van der Waals surface area (Å²) in [6.45, 7) is 2.39. The van der Waals surface area contributed by atoms with Crippen molar-refractivity contribution in [2.24, 2.45) is 0 Å². The molecule has 0 amide bonds. The van der Waals surface area contributed by atoms with Crippen molar-refractivity contribution in [1.29, 1.82) is 0 Å². The molecular formula is C20H20N2O2. The van der Waals surface area contributed by atoms with Crippen LogP contribution in [-0.4, -0.2) is 17.0 Å². The number of ether oxygens (including phenoxy) is 1. The van der Waals surface area contributed by atoms with Crippen LogP contribution >= 0.6 is 0 Å². The predicted octanol–water partition coefficient (Wildman–Crippen LogP) is 3.49. The zero-order valence-corrected chi connectivity index (χ0v) is 13.6. The number of carbonyl (C=O) groups is 1. The van der Waals surface area contributed by atoms with Crippen LogP contribution in [0.15, 0.2) is 54.6 Å². The van der Waals surface area contributed by atoms with Crippen LogP contribution in [0.25, 0.3) is 10.9 Å². The second-order valence-electron chi connectivity index (χ2n) is 6.30. The first kappa shape index (κ1) is 15.0. The van der Waals surface area contributed by atoms with Gasteiger partial charge in [0.15, 0.2) is 0 Å². The number of rotatable bonds is 3. The Hall–Kier alpha value is -2.59. The Kier molecular flexibility index (Phi) is 3.82. The van der Waals surface area contributed by atoms with Crippen LogP contribution in [0.2, 0.25) is 0 Å². The van der Waals surface area contributed by atoms with E-state index in [1.807, 2.05) is 42.5 Å². The highest BCUT2D eigenvalue weighted by atomic mass is 16.5. The highest BCUT2D eigenvalue weighted by Gasteiger charge is 2.31. The van der Waals surface area contributed by atoms with Gasteiger partial charge in [-0.05, 0) is 24.1 Å². The first-order valence-corrected chi connectivity index (χ1v) is 8.28. The van der Waals surface area contributed by atoms with Crippen molar-refractivity contribution in [3.8, 4) is 0 Å². The van der Waals surface area contributed by atoms with Crippen LogP contribution < -0.4 is 5.32 Å². The van der Waals surface area contributed by atoms with Crippen molar-refractivity contribution in [2.75, 3.05) is 0 Å². The minimum atomic E-state index is -0.310. The summed E-state index contributed by atoms with van der Waals surface area (Å²) in [4.78, 5) is 16.0. The third kappa shape index (κ3) is 2.69. The van der Waals surface area contributed by atoms with Gasteiger partial charge in [0.05, 0.1) is 0 Å². The highest BCUT2D eigenvalue weighted by molar-refractivity contribution is 5.87. The average Bonchev–Trinajstić information content (AvgIpc) is 3.00. The topological polar surface area (TPSA) is 54.1 Å². The molecule has 2 aromatic carbocycles. The van der Waals surface area contributed by atoms with Gasteiger partial charge in [0.25, 0.3) is 0 Å². The highest BCUT2D eigenvalue weighted by Crippen LogP contribution is 2.31. The molecule has 4 heteroatoms. The van der Waals surface area contributed by atoms with Gasteiger partial charge in [0, 0.05) is 29.1 Å². The number of aromatic nitrogens is 1. The van der Waals surface area contributed by atoms with Crippen molar-refractivity contribution in [3.05, 3.63) is 71.4 Å². The summed E-state index contributed by atoms with van der Waals surface area (Å²) < 4.78 is 5.51. The maximum Gasteiger partial charge on any atom is 0.323 e. The fourth-order valence-electron chi connectivity index (χ4n) is 3.44. The number of fused-ring (bicyclic) bond motifs is 3. The minimum absolute atomic E-state index is 0.0930. The molecule has 0 saturated heterocycles. The van der Waals surface area contributed by atoms with Gasteiger partial charge in [-0.3, -0.25) is 10.1 Å². The van der Waals surface area contributed by atoms with Gasteiger partial charge in [-0.15, -0.1) is 0 Å². The summed E-state index contributed by atoms with van der Waals surface area (Å²) >= 11 is 0. The van der Waals surface area contributed by atoms with Crippen LogP contribution in [0.3, 0.4) is 0 Å². The van der Waals surface area contributed by atoms with E-state index in [1.165, 1.54) is 16.6 Å². The molecule has 24 heavy (non-hydrogen) atoms. The van der Waals surface area contributed by atoms with Crippen LogP contribution in [0.4, 0.5) is 0 Å². The number of hydrogen-bond acceptors (Lipinski definition) is 3. The van der Waals surface area contributed by atoms with Crippen molar-refractivity contribution in [2.45, 2.75) is 32.0 Å². The Morgan fingerprint density at radius 3 is 2.71 bits per heavy atom. The monoisotopic (exact) mass is 320 g/mol. The van der Waals surface area contributed by atoms with Crippen molar-refractivity contribution in [3.63, 3.8) is 0 Å². The van der Waals surface area contributed by atoms with Crippen molar-refractivity contribution < 1.29 is 9.53 Å². The summed E-state index contributed by atoms with van der Waals surface area (Å²) in [6.07, 6.45) is 0.650. The lowest BCUT2D eigenvalue weighted by Crippen LogP contribution is -2.44. The smallest absolute Gasteiger partial charge is 0.323 e. The van der Waals surface area contributed by atoms with Gasteiger partial charge >= 0.3 is 5.97 Å². The summed E-state index contributed by atoms with van der Waals surface area (Å²) in [5.74, 6) is -0.193. The van der Waals surface area contributed by atoms with E-state index in [0.717, 1.165) is 11.1 Å². The lowest BCUT2D eigenvalue weighted by atomic mass is 9.94. The van der Waals surface area contributed by atoms with E-state index in [9.17, 15) is 4.79 Å². The molecule has 1 aliphatic heterocycles. The predicted molar refractivity (Wildman–Crippen MR) is 93.6 cm³/mol. The van der Waals surface area contributed by atoms with E-state index in [1.54, 1.807) is 0 Å². The first-order chi connectivity index (χ1) is 11.7. The molecule has 0 aliphatic carbocycles. The Morgan fingerprint density at radius 2 is 1.88 bits per heavy atom. The molecule has 2 atom stereocenters. The zero-order chi connectivity index (χ0) is 16.5. The quantitative estimate of drug-likeness (QED) is 0.726. The maximum atomic E-state index is 12.5. The molecule has 3 aromatic rings. The lowest BCUT2D eigenvalue weighted by molar-refractivity contribution is -0.147. The summed E-state index contributed by atoms with van der Waals surface area (Å²) in [5, 5.41) is 4.56. The zero-order valence-electron chi connectivity index (χ0n) is 13.6. The Balaban J connectivity index is 1.52. The van der Waals surface area contributed by atoms with Gasteiger partial charge in [0.2, 0.25) is 0 Å². The van der Waals surface area contributed by atoms with Crippen LogP contribution in [0.5, 0.6) is 0 Å². The number of para-hydroxylation sites is 1. The molecule has 0 fully saturated rings. The van der Waals surface area contributed by atoms with E-state index in [4.69, 9.17) is 4.74 Å². The second kappa shape index (κ2) is 6.13. The van der Waals surface area contributed by atoms with Crippen LogP contribution in [0, 0.1) is 0 Å². The standard InChI is InChI=1S/C20H20N2O2/c1-13-19-16(15-9-5-6-10-17(15)22-19)11-18(21-13)20(23)24-12-14-7-3-2-4-8-14/h2-10,13,18,21-22H,11-12H2,1H3/t13-,18-/m0/s1. The molecule has 4 rings (SSSR count). The molecule has 0 radical (unpaired) electrons. The van der Waals surface area contributed by atoms with E-state index < -0.39 is 0 Å². The first-order valence-electron chi connectivity index (χ1n) is 8.28. The third-order valence-corrected chi connectivity index (χ3v) is 4.65. The number of benzene rings is 2. The van der Waals surface area contributed by atoms with Crippen LogP contribution in [-0.2, 0) is 22.6 Å². The minimum Gasteiger partial charge on any atom is -0.460 e. The molecule has 4 nitrogen and oxygen atoms in total. The third-order valence-electron chi connectivity index (χ3n) is 4.65. The second-order valence-corrected chi connectivity index (χ2v) is 6.30. The molecular weight excluding hydrogens is 300 g/mol. The van der Waals surface area contributed by atoms with Gasteiger partial charge in [0.1, 0.15) is 12.6 Å². The number of carbonyl (C=O) groups excluding carboxylic acids is 1. The van der Waals surface area contributed by atoms with Gasteiger partial charge < -0.3 is 9.72 Å². The summed E-state index contributed by atoms with van der Waals surface area (Å²) in [7, 11) is 0. The molecule has 2 heterocycles. The fraction of sp³-hybridized carbons (Fsp3) is 0.250. The van der Waals surface area contributed by atoms with E-state index in [-0.39, 0.29) is 18.1 Å². The molecule has 122 valence electrons. The summed E-state index contributed by atoms with van der Waals surface area (Å²) in [5.41, 5.74) is 4.51.